The van der Waals surface area contributed by atoms with Gasteiger partial charge < -0.3 is 19.5 Å². The summed E-state index contributed by atoms with van der Waals surface area (Å²) in [7, 11) is 1.66. The molecular weight excluding hydrogens is 314 g/mol. The molecule has 1 aromatic carbocycles. The Morgan fingerprint density at radius 1 is 1.20 bits per heavy atom. The lowest BCUT2D eigenvalue weighted by molar-refractivity contribution is 0.145. The normalized spacial score (nSPS) is 10.6. The van der Waals surface area contributed by atoms with E-state index in [1.54, 1.807) is 7.11 Å². The third-order valence-electron chi connectivity index (χ3n) is 4.13. The smallest absolute Gasteiger partial charge is 0.317 e. The molecule has 2 amide bonds. The molecule has 0 fully saturated rings. The number of rotatable bonds is 10. The first kappa shape index (κ1) is 19.1. The molecule has 1 aromatic heterocycles. The first-order chi connectivity index (χ1) is 12.2. The van der Waals surface area contributed by atoms with Gasteiger partial charge in [0.2, 0.25) is 0 Å². The number of amides is 2. The lowest BCUT2D eigenvalue weighted by Gasteiger charge is -2.23. The van der Waals surface area contributed by atoms with Crippen LogP contribution in [0.4, 0.5) is 4.79 Å². The van der Waals surface area contributed by atoms with E-state index in [4.69, 9.17) is 4.74 Å². The maximum absolute atomic E-state index is 12.5. The minimum atomic E-state index is -0.0297. The summed E-state index contributed by atoms with van der Waals surface area (Å²) in [6.45, 7) is 5.31. The molecule has 5 nitrogen and oxygen atoms in total. The molecule has 0 unspecified atom stereocenters. The van der Waals surface area contributed by atoms with Crippen LogP contribution in [0.2, 0.25) is 0 Å². The maximum Gasteiger partial charge on any atom is 0.317 e. The molecule has 0 saturated heterocycles. The summed E-state index contributed by atoms with van der Waals surface area (Å²) in [6.07, 6.45) is 4.12. The summed E-state index contributed by atoms with van der Waals surface area (Å²) in [5.41, 5.74) is 2.36. The van der Waals surface area contributed by atoms with Gasteiger partial charge in [-0.05, 0) is 24.1 Å². The quantitative estimate of drug-likeness (QED) is 0.671. The third kappa shape index (κ3) is 6.27. The number of ether oxygens (including phenoxy) is 1. The molecule has 2 rings (SSSR count). The summed E-state index contributed by atoms with van der Waals surface area (Å²) in [4.78, 5) is 14.3. The van der Waals surface area contributed by atoms with Gasteiger partial charge in [0.05, 0.1) is 13.2 Å². The van der Waals surface area contributed by atoms with Crippen molar-refractivity contribution >= 4 is 6.03 Å². The molecule has 25 heavy (non-hydrogen) atoms. The molecule has 0 atom stereocenters. The summed E-state index contributed by atoms with van der Waals surface area (Å²) >= 11 is 0. The Morgan fingerprint density at radius 3 is 2.72 bits per heavy atom. The van der Waals surface area contributed by atoms with Crippen molar-refractivity contribution in [2.24, 2.45) is 0 Å². The van der Waals surface area contributed by atoms with Gasteiger partial charge in [-0.2, -0.15) is 0 Å². The van der Waals surface area contributed by atoms with Gasteiger partial charge in [-0.25, -0.2) is 4.79 Å². The molecule has 0 saturated carbocycles. The van der Waals surface area contributed by atoms with Gasteiger partial charge in [0.25, 0.3) is 0 Å². The molecule has 0 aliphatic carbocycles. The van der Waals surface area contributed by atoms with E-state index in [9.17, 15) is 4.79 Å². The van der Waals surface area contributed by atoms with E-state index in [0.29, 0.717) is 26.2 Å². The van der Waals surface area contributed by atoms with Gasteiger partial charge in [0, 0.05) is 38.6 Å². The lowest BCUT2D eigenvalue weighted by atomic mass is 10.2. The second kappa shape index (κ2) is 10.6. The van der Waals surface area contributed by atoms with Crippen LogP contribution in [0.15, 0.2) is 48.7 Å². The van der Waals surface area contributed by atoms with E-state index in [-0.39, 0.29) is 6.03 Å². The largest absolute Gasteiger partial charge is 0.383 e. The fourth-order valence-corrected chi connectivity index (χ4v) is 2.66. The minimum absolute atomic E-state index is 0.0297. The number of hydrogen-bond donors (Lipinski definition) is 1. The second-order valence-electron chi connectivity index (χ2n) is 6.11. The summed E-state index contributed by atoms with van der Waals surface area (Å²) in [6, 6.07) is 14.4. The van der Waals surface area contributed by atoms with Gasteiger partial charge in [-0.3, -0.25) is 0 Å². The van der Waals surface area contributed by atoms with Crippen LogP contribution in [-0.2, 0) is 17.8 Å². The van der Waals surface area contributed by atoms with Crippen LogP contribution in [0, 0.1) is 0 Å². The van der Waals surface area contributed by atoms with Gasteiger partial charge in [0.15, 0.2) is 0 Å². The predicted octanol–water partition coefficient (Wildman–Crippen LogP) is 3.49. The highest BCUT2D eigenvalue weighted by atomic mass is 16.5. The number of urea groups is 1. The van der Waals surface area contributed by atoms with Crippen LogP contribution in [0.3, 0.4) is 0 Å². The van der Waals surface area contributed by atoms with Crippen LogP contribution in [0.1, 0.15) is 31.0 Å². The molecule has 0 radical (unpaired) electrons. The number of hydrogen-bond acceptors (Lipinski definition) is 2. The zero-order valence-electron chi connectivity index (χ0n) is 15.3. The fourth-order valence-electron chi connectivity index (χ4n) is 2.66. The van der Waals surface area contributed by atoms with E-state index in [1.807, 2.05) is 29.2 Å². The van der Waals surface area contributed by atoms with E-state index in [0.717, 1.165) is 25.1 Å². The summed E-state index contributed by atoms with van der Waals surface area (Å²) in [5, 5.41) is 3.00. The zero-order valence-corrected chi connectivity index (χ0v) is 15.3. The number of carbonyl (C=O) groups is 1. The van der Waals surface area contributed by atoms with E-state index >= 15 is 0 Å². The zero-order chi connectivity index (χ0) is 17.9. The molecule has 1 heterocycles. The number of methoxy groups -OCH3 is 1. The molecule has 0 aliphatic rings. The Kier molecular flexibility index (Phi) is 8.05. The first-order valence-corrected chi connectivity index (χ1v) is 8.94. The molecule has 0 spiro atoms. The molecule has 0 bridgehead atoms. The van der Waals surface area contributed by atoms with Crippen molar-refractivity contribution in [3.05, 3.63) is 59.9 Å². The SMILES string of the molecule is CCCCNC(=O)N(CCOC)Cc1cccn1Cc1ccccc1. The van der Waals surface area contributed by atoms with Crippen LogP contribution >= 0.6 is 0 Å². The van der Waals surface area contributed by atoms with Crippen LogP contribution in [0.25, 0.3) is 0 Å². The Balaban J connectivity index is 2.02. The molecule has 1 N–H and O–H groups in total. The highest BCUT2D eigenvalue weighted by molar-refractivity contribution is 5.74. The Bertz CT molecular complexity index is 625. The highest BCUT2D eigenvalue weighted by Gasteiger charge is 2.15. The van der Waals surface area contributed by atoms with Crippen LogP contribution in [-0.4, -0.2) is 42.3 Å². The van der Waals surface area contributed by atoms with Gasteiger partial charge in [0.1, 0.15) is 0 Å². The van der Waals surface area contributed by atoms with Crippen molar-refractivity contribution < 1.29 is 9.53 Å². The van der Waals surface area contributed by atoms with Gasteiger partial charge in [-0.1, -0.05) is 43.7 Å². The number of unbranched alkanes of at least 4 members (excludes halogenated alkanes) is 1. The van der Waals surface area contributed by atoms with E-state index in [2.05, 4.69) is 41.2 Å². The molecule has 2 aromatic rings. The molecule has 136 valence electrons. The van der Waals surface area contributed by atoms with Gasteiger partial charge in [-0.15, -0.1) is 0 Å². The van der Waals surface area contributed by atoms with Crippen molar-refractivity contribution in [2.75, 3.05) is 26.8 Å². The topological polar surface area (TPSA) is 46.5 Å². The highest BCUT2D eigenvalue weighted by Crippen LogP contribution is 2.11. The average molecular weight is 343 g/mol. The fraction of sp³-hybridized carbons (Fsp3) is 0.450. The Morgan fingerprint density at radius 2 is 2.00 bits per heavy atom. The summed E-state index contributed by atoms with van der Waals surface area (Å²) < 4.78 is 7.35. The lowest BCUT2D eigenvalue weighted by Crippen LogP contribution is -2.42. The molecule has 0 aliphatic heterocycles. The number of aromatic nitrogens is 1. The number of carbonyl (C=O) groups excluding carboxylic acids is 1. The predicted molar refractivity (Wildman–Crippen MR) is 101 cm³/mol. The van der Waals surface area contributed by atoms with Gasteiger partial charge >= 0.3 is 6.03 Å². The van der Waals surface area contributed by atoms with Crippen molar-refractivity contribution in [1.82, 2.24) is 14.8 Å². The number of nitrogens with one attached hydrogen (secondary N) is 1. The van der Waals surface area contributed by atoms with Crippen molar-refractivity contribution in [3.63, 3.8) is 0 Å². The minimum Gasteiger partial charge on any atom is -0.383 e. The van der Waals surface area contributed by atoms with E-state index in [1.165, 1.54) is 5.56 Å². The first-order valence-electron chi connectivity index (χ1n) is 8.94. The van der Waals surface area contributed by atoms with E-state index < -0.39 is 0 Å². The van der Waals surface area contributed by atoms with Crippen molar-refractivity contribution in [2.45, 2.75) is 32.9 Å². The van der Waals surface area contributed by atoms with Crippen LogP contribution < -0.4 is 5.32 Å². The second-order valence-corrected chi connectivity index (χ2v) is 6.11. The third-order valence-corrected chi connectivity index (χ3v) is 4.13. The number of nitrogens with zero attached hydrogens (tertiary/aromatic N) is 2. The average Bonchev–Trinajstić information content (AvgIpc) is 3.06. The summed E-state index contributed by atoms with van der Waals surface area (Å²) in [5.74, 6) is 0. The maximum atomic E-state index is 12.5. The Labute approximate surface area is 150 Å². The standard InChI is InChI=1S/C20H29N3O2/c1-3-4-12-21-20(24)23(14-15-25-2)17-19-11-8-13-22(19)16-18-9-6-5-7-10-18/h5-11,13H,3-4,12,14-17H2,1-2H3,(H,21,24). The van der Waals surface area contributed by atoms with Crippen molar-refractivity contribution in [1.29, 1.82) is 0 Å². The van der Waals surface area contributed by atoms with Crippen LogP contribution in [0.5, 0.6) is 0 Å². The van der Waals surface area contributed by atoms with Crippen molar-refractivity contribution in [3.8, 4) is 0 Å². The molecular formula is C20H29N3O2. The number of benzene rings is 1. The molecule has 5 heteroatoms. The Hall–Kier alpha value is -2.27. The monoisotopic (exact) mass is 343 g/mol.